The van der Waals surface area contributed by atoms with Gasteiger partial charge in [0.2, 0.25) is 5.91 Å². The van der Waals surface area contributed by atoms with E-state index in [1.807, 2.05) is 41.8 Å². The highest BCUT2D eigenvalue weighted by molar-refractivity contribution is 7.99. The Bertz CT molecular complexity index is 871. The van der Waals surface area contributed by atoms with Crippen molar-refractivity contribution >= 4 is 23.5 Å². The maximum atomic E-state index is 12.2. The Kier molecular flexibility index (Phi) is 5.03. The summed E-state index contributed by atoms with van der Waals surface area (Å²) in [5, 5.41) is 15.7. The van der Waals surface area contributed by atoms with Crippen molar-refractivity contribution < 1.29 is 9.53 Å². The number of nitrogens with zero attached hydrogens (tertiary/aromatic N) is 5. The predicted octanol–water partition coefficient (Wildman–Crippen LogP) is 2.05. The summed E-state index contributed by atoms with van der Waals surface area (Å²) in [6, 6.07) is 9.36. The lowest BCUT2D eigenvalue weighted by Gasteiger charge is -2.08. The monoisotopic (exact) mass is 358 g/mol. The molecule has 0 saturated carbocycles. The van der Waals surface area contributed by atoms with Gasteiger partial charge in [0, 0.05) is 18.8 Å². The van der Waals surface area contributed by atoms with E-state index in [1.165, 1.54) is 11.8 Å². The number of aromatic nitrogens is 5. The molecule has 0 aliphatic rings. The molecular weight excluding hydrogens is 340 g/mol. The third-order valence-corrected chi connectivity index (χ3v) is 4.41. The van der Waals surface area contributed by atoms with Crippen LogP contribution in [0.1, 0.15) is 5.69 Å². The summed E-state index contributed by atoms with van der Waals surface area (Å²) in [5.74, 6) is 1.54. The normalized spacial score (nSPS) is 10.7. The van der Waals surface area contributed by atoms with Gasteiger partial charge in [-0.15, -0.1) is 10.2 Å². The van der Waals surface area contributed by atoms with Gasteiger partial charge in [-0.3, -0.25) is 14.0 Å². The lowest BCUT2D eigenvalue weighted by atomic mass is 10.3. The molecule has 0 atom stereocenters. The number of benzene rings is 1. The molecular formula is C16H18N6O2S. The first-order valence-corrected chi connectivity index (χ1v) is 8.53. The summed E-state index contributed by atoms with van der Waals surface area (Å²) in [4.78, 5) is 12.2. The Morgan fingerprint density at radius 3 is 2.72 bits per heavy atom. The van der Waals surface area contributed by atoms with E-state index in [2.05, 4.69) is 20.6 Å². The fourth-order valence-electron chi connectivity index (χ4n) is 2.28. The van der Waals surface area contributed by atoms with Crippen LogP contribution in [0.5, 0.6) is 5.75 Å². The third kappa shape index (κ3) is 4.00. The molecule has 130 valence electrons. The zero-order valence-corrected chi connectivity index (χ0v) is 14.9. The average molecular weight is 358 g/mol. The molecule has 0 unspecified atom stereocenters. The second-order valence-corrected chi connectivity index (χ2v) is 6.26. The predicted molar refractivity (Wildman–Crippen MR) is 95.2 cm³/mol. The van der Waals surface area contributed by atoms with Crippen molar-refractivity contribution in [3.63, 3.8) is 0 Å². The van der Waals surface area contributed by atoms with Gasteiger partial charge in [-0.05, 0) is 31.2 Å². The number of carbonyl (C=O) groups excluding carboxylic acids is 1. The van der Waals surface area contributed by atoms with Gasteiger partial charge in [-0.1, -0.05) is 11.8 Å². The van der Waals surface area contributed by atoms with Crippen molar-refractivity contribution in [3.05, 3.63) is 42.4 Å². The number of ether oxygens (including phenoxy) is 1. The number of rotatable bonds is 6. The lowest BCUT2D eigenvalue weighted by Crippen LogP contribution is -2.16. The van der Waals surface area contributed by atoms with Crippen molar-refractivity contribution in [1.29, 1.82) is 0 Å². The number of anilines is 1. The summed E-state index contributed by atoms with van der Waals surface area (Å²) in [7, 11) is 3.41. The average Bonchev–Trinajstić information content (AvgIpc) is 3.19. The molecule has 0 spiro atoms. The molecule has 0 radical (unpaired) electrons. The number of hydrogen-bond acceptors (Lipinski definition) is 6. The van der Waals surface area contributed by atoms with Crippen molar-refractivity contribution in [2.45, 2.75) is 12.1 Å². The smallest absolute Gasteiger partial charge is 0.235 e. The number of aryl methyl sites for hydroxylation is 2. The third-order valence-electron chi connectivity index (χ3n) is 3.47. The summed E-state index contributed by atoms with van der Waals surface area (Å²) in [6.07, 6.45) is 1.62. The molecule has 2 heterocycles. The van der Waals surface area contributed by atoms with Crippen molar-refractivity contribution in [2.24, 2.45) is 7.05 Å². The van der Waals surface area contributed by atoms with E-state index in [9.17, 15) is 4.79 Å². The zero-order valence-electron chi connectivity index (χ0n) is 14.1. The highest BCUT2D eigenvalue weighted by Gasteiger charge is 2.12. The van der Waals surface area contributed by atoms with Gasteiger partial charge in [0.05, 0.1) is 18.6 Å². The van der Waals surface area contributed by atoms with Crippen LogP contribution in [0.15, 0.2) is 41.8 Å². The molecule has 1 N–H and O–H groups in total. The Balaban J connectivity index is 1.64. The topological polar surface area (TPSA) is 86.9 Å². The number of methoxy groups -OCH3 is 1. The molecule has 0 fully saturated rings. The SMILES string of the molecule is COc1ccc(-n2cnnc2SCC(=O)Nc2cc(C)nn2C)cc1. The Morgan fingerprint density at radius 2 is 2.08 bits per heavy atom. The minimum Gasteiger partial charge on any atom is -0.497 e. The maximum Gasteiger partial charge on any atom is 0.235 e. The van der Waals surface area contributed by atoms with Crippen LogP contribution in [-0.2, 0) is 11.8 Å². The summed E-state index contributed by atoms with van der Waals surface area (Å²) >= 11 is 1.31. The molecule has 0 bridgehead atoms. The first-order valence-electron chi connectivity index (χ1n) is 7.54. The molecule has 1 aromatic carbocycles. The first kappa shape index (κ1) is 17.0. The van der Waals surface area contributed by atoms with Crippen LogP contribution < -0.4 is 10.1 Å². The van der Waals surface area contributed by atoms with E-state index in [4.69, 9.17) is 4.74 Å². The second-order valence-electron chi connectivity index (χ2n) is 5.31. The van der Waals surface area contributed by atoms with Crippen LogP contribution >= 0.6 is 11.8 Å². The number of amides is 1. The van der Waals surface area contributed by atoms with Crippen LogP contribution in [0.4, 0.5) is 5.82 Å². The molecule has 8 nitrogen and oxygen atoms in total. The second kappa shape index (κ2) is 7.39. The first-order chi connectivity index (χ1) is 12.1. The largest absolute Gasteiger partial charge is 0.497 e. The number of nitrogens with one attached hydrogen (secondary N) is 1. The fraction of sp³-hybridized carbons (Fsp3) is 0.250. The van der Waals surface area contributed by atoms with E-state index in [1.54, 1.807) is 25.2 Å². The Hall–Kier alpha value is -2.81. The van der Waals surface area contributed by atoms with Gasteiger partial charge in [-0.25, -0.2) is 0 Å². The zero-order chi connectivity index (χ0) is 17.8. The highest BCUT2D eigenvalue weighted by atomic mass is 32.2. The molecule has 9 heteroatoms. The van der Waals surface area contributed by atoms with Crippen LogP contribution in [-0.4, -0.2) is 43.3 Å². The summed E-state index contributed by atoms with van der Waals surface area (Å²) in [6.45, 7) is 1.88. The lowest BCUT2D eigenvalue weighted by molar-refractivity contribution is -0.113. The molecule has 3 rings (SSSR count). The molecule has 0 saturated heterocycles. The van der Waals surface area contributed by atoms with Gasteiger partial charge in [0.15, 0.2) is 5.16 Å². The van der Waals surface area contributed by atoms with E-state index < -0.39 is 0 Å². The van der Waals surface area contributed by atoms with E-state index in [0.717, 1.165) is 17.1 Å². The summed E-state index contributed by atoms with van der Waals surface area (Å²) < 4.78 is 8.62. The van der Waals surface area contributed by atoms with Crippen LogP contribution in [0, 0.1) is 6.92 Å². The number of hydrogen-bond donors (Lipinski definition) is 1. The van der Waals surface area contributed by atoms with E-state index in [0.29, 0.717) is 11.0 Å². The van der Waals surface area contributed by atoms with Crippen LogP contribution in [0.25, 0.3) is 5.69 Å². The quantitative estimate of drug-likeness (QED) is 0.679. The molecule has 3 aromatic rings. The Labute approximate surface area is 149 Å². The minimum absolute atomic E-state index is 0.128. The number of carbonyl (C=O) groups is 1. The molecule has 0 aliphatic heterocycles. The van der Waals surface area contributed by atoms with Gasteiger partial charge >= 0.3 is 0 Å². The molecule has 2 aromatic heterocycles. The van der Waals surface area contributed by atoms with Gasteiger partial charge in [0.1, 0.15) is 17.9 Å². The van der Waals surface area contributed by atoms with Crippen LogP contribution in [0.2, 0.25) is 0 Å². The molecule has 0 aliphatic carbocycles. The van der Waals surface area contributed by atoms with Gasteiger partial charge in [0.25, 0.3) is 0 Å². The van der Waals surface area contributed by atoms with Crippen molar-refractivity contribution in [2.75, 3.05) is 18.2 Å². The fourth-order valence-corrected chi connectivity index (χ4v) is 3.01. The van der Waals surface area contributed by atoms with E-state index >= 15 is 0 Å². The number of thioether (sulfide) groups is 1. The standard InChI is InChI=1S/C16H18N6O2S/c1-11-8-14(21(2)20-11)18-15(23)9-25-16-19-17-10-22(16)12-4-6-13(24-3)7-5-12/h4-8,10H,9H2,1-3H3,(H,18,23). The van der Waals surface area contributed by atoms with Gasteiger partial charge in [-0.2, -0.15) is 5.10 Å². The Morgan fingerprint density at radius 1 is 1.32 bits per heavy atom. The summed E-state index contributed by atoms with van der Waals surface area (Å²) in [5.41, 5.74) is 1.75. The van der Waals surface area contributed by atoms with Crippen molar-refractivity contribution in [3.8, 4) is 11.4 Å². The van der Waals surface area contributed by atoms with Gasteiger partial charge < -0.3 is 10.1 Å². The van der Waals surface area contributed by atoms with Crippen LogP contribution in [0.3, 0.4) is 0 Å². The highest BCUT2D eigenvalue weighted by Crippen LogP contribution is 2.21. The molecule has 1 amide bonds. The van der Waals surface area contributed by atoms with E-state index in [-0.39, 0.29) is 11.7 Å². The molecule has 25 heavy (non-hydrogen) atoms. The minimum atomic E-state index is -0.128. The maximum absolute atomic E-state index is 12.2. The van der Waals surface area contributed by atoms with Crippen molar-refractivity contribution in [1.82, 2.24) is 24.5 Å².